The molecule has 1 aliphatic heterocycles. The second-order valence-corrected chi connectivity index (χ2v) is 9.25. The Morgan fingerprint density at radius 2 is 1.65 bits per heavy atom. The number of fused-ring (bicyclic) bond motifs is 5. The third-order valence-electron chi connectivity index (χ3n) is 8.96. The fraction of sp³-hybridized carbons (Fsp3) is 1.00. The first-order valence-electron chi connectivity index (χ1n) is 11.3. The summed E-state index contributed by atoms with van der Waals surface area (Å²) in [6.07, 6.45) is 11.4. The SMILES string of the molecule is CC.CCC12CCC(OC)(OC)CC1CCC1C3CCOC3(C)CCC12. The largest absolute Gasteiger partial charge is 0.375 e. The van der Waals surface area contributed by atoms with Crippen LogP contribution in [0.15, 0.2) is 0 Å². The molecule has 4 aliphatic rings. The summed E-state index contributed by atoms with van der Waals surface area (Å²) in [5.74, 6) is 3.03. The molecule has 0 bridgehead atoms. The summed E-state index contributed by atoms with van der Waals surface area (Å²) in [7, 11) is 3.66. The fourth-order valence-corrected chi connectivity index (χ4v) is 7.57. The Hall–Kier alpha value is -0.120. The maximum absolute atomic E-state index is 6.22. The van der Waals surface area contributed by atoms with E-state index in [-0.39, 0.29) is 11.4 Å². The Bertz CT molecular complexity index is 474. The molecular weight excluding hydrogens is 324 g/mol. The summed E-state index contributed by atoms with van der Waals surface area (Å²) in [6, 6.07) is 0. The molecule has 3 nitrogen and oxygen atoms in total. The van der Waals surface area contributed by atoms with Crippen molar-refractivity contribution >= 4 is 0 Å². The van der Waals surface area contributed by atoms with E-state index in [4.69, 9.17) is 14.2 Å². The van der Waals surface area contributed by atoms with Crippen molar-refractivity contribution in [3.05, 3.63) is 0 Å². The van der Waals surface area contributed by atoms with Gasteiger partial charge in [0.05, 0.1) is 5.60 Å². The van der Waals surface area contributed by atoms with E-state index < -0.39 is 0 Å². The van der Waals surface area contributed by atoms with Crippen molar-refractivity contribution in [1.82, 2.24) is 0 Å². The molecule has 0 aromatic rings. The van der Waals surface area contributed by atoms with E-state index in [0.717, 1.165) is 43.1 Å². The molecule has 0 radical (unpaired) electrons. The molecule has 6 unspecified atom stereocenters. The van der Waals surface area contributed by atoms with Crippen LogP contribution < -0.4 is 0 Å². The van der Waals surface area contributed by atoms with Gasteiger partial charge in [0.1, 0.15) is 0 Å². The zero-order chi connectivity index (χ0) is 19.0. The van der Waals surface area contributed by atoms with Gasteiger partial charge in [0, 0.05) is 33.7 Å². The van der Waals surface area contributed by atoms with E-state index in [1.165, 1.54) is 44.9 Å². The third kappa shape index (κ3) is 2.97. The smallest absolute Gasteiger partial charge is 0.167 e. The standard InChI is InChI=1S/C21H36O3.C2H6/c1-5-20-11-12-21(22-3,23-4)14-15(20)6-7-16-17-9-13-24-19(17,2)10-8-18(16)20;1-2/h15-18H,5-14H2,1-4H3;1-2H3. The second-order valence-electron chi connectivity index (χ2n) is 9.25. The van der Waals surface area contributed by atoms with Gasteiger partial charge in [-0.3, -0.25) is 0 Å². The van der Waals surface area contributed by atoms with Crippen molar-refractivity contribution in [2.45, 2.75) is 96.9 Å². The average molecular weight is 367 g/mol. The summed E-state index contributed by atoms with van der Waals surface area (Å²) < 4.78 is 17.9. The van der Waals surface area contributed by atoms with Gasteiger partial charge in [-0.1, -0.05) is 20.8 Å². The van der Waals surface area contributed by atoms with E-state index in [0.29, 0.717) is 5.41 Å². The van der Waals surface area contributed by atoms with Gasteiger partial charge in [-0.2, -0.15) is 0 Å². The third-order valence-corrected chi connectivity index (χ3v) is 8.96. The Balaban J connectivity index is 0.000000948. The van der Waals surface area contributed by atoms with Crippen molar-refractivity contribution in [2.75, 3.05) is 20.8 Å². The lowest BCUT2D eigenvalue weighted by molar-refractivity contribution is -0.265. The van der Waals surface area contributed by atoms with Gasteiger partial charge in [0.25, 0.3) is 0 Å². The van der Waals surface area contributed by atoms with Gasteiger partial charge in [-0.25, -0.2) is 0 Å². The molecule has 1 heterocycles. The zero-order valence-corrected chi connectivity index (χ0v) is 18.1. The molecule has 26 heavy (non-hydrogen) atoms. The highest BCUT2D eigenvalue weighted by molar-refractivity contribution is 5.09. The number of rotatable bonds is 3. The van der Waals surface area contributed by atoms with Crippen molar-refractivity contribution in [3.63, 3.8) is 0 Å². The van der Waals surface area contributed by atoms with Crippen molar-refractivity contribution in [1.29, 1.82) is 0 Å². The van der Waals surface area contributed by atoms with Crippen LogP contribution >= 0.6 is 0 Å². The van der Waals surface area contributed by atoms with Crippen LogP contribution in [-0.4, -0.2) is 32.2 Å². The molecule has 152 valence electrons. The number of hydrogen-bond donors (Lipinski definition) is 0. The Morgan fingerprint density at radius 1 is 0.923 bits per heavy atom. The molecule has 3 heteroatoms. The Labute approximate surface area is 161 Å². The van der Waals surface area contributed by atoms with E-state index in [1.54, 1.807) is 0 Å². The van der Waals surface area contributed by atoms with E-state index in [1.807, 2.05) is 28.1 Å². The predicted molar refractivity (Wildman–Crippen MR) is 106 cm³/mol. The maximum atomic E-state index is 6.22. The average Bonchev–Trinajstić information content (AvgIpc) is 3.10. The molecular formula is C23H42O3. The molecule has 3 aliphatic carbocycles. The number of hydrogen-bond acceptors (Lipinski definition) is 3. The van der Waals surface area contributed by atoms with E-state index in [2.05, 4.69) is 13.8 Å². The fourth-order valence-electron chi connectivity index (χ4n) is 7.57. The summed E-state index contributed by atoms with van der Waals surface area (Å²) in [5.41, 5.74) is 0.702. The van der Waals surface area contributed by atoms with Crippen LogP contribution in [-0.2, 0) is 14.2 Å². The first-order chi connectivity index (χ1) is 12.5. The highest BCUT2D eigenvalue weighted by atomic mass is 16.7. The lowest BCUT2D eigenvalue weighted by atomic mass is 9.44. The van der Waals surface area contributed by atoms with E-state index >= 15 is 0 Å². The van der Waals surface area contributed by atoms with Crippen molar-refractivity contribution in [2.24, 2.45) is 29.1 Å². The lowest BCUT2D eigenvalue weighted by Crippen LogP contribution is -2.58. The van der Waals surface area contributed by atoms with Gasteiger partial charge in [-0.05, 0) is 81.0 Å². The number of methoxy groups -OCH3 is 2. The normalized spacial score (nSPS) is 46.4. The van der Waals surface area contributed by atoms with Gasteiger partial charge in [0.2, 0.25) is 0 Å². The van der Waals surface area contributed by atoms with Crippen LogP contribution in [0, 0.1) is 29.1 Å². The van der Waals surface area contributed by atoms with Gasteiger partial charge in [0.15, 0.2) is 5.79 Å². The highest BCUT2D eigenvalue weighted by Crippen LogP contribution is 2.65. The molecule has 0 N–H and O–H groups in total. The molecule has 1 saturated heterocycles. The minimum Gasteiger partial charge on any atom is -0.375 e. The van der Waals surface area contributed by atoms with Gasteiger partial charge < -0.3 is 14.2 Å². The van der Waals surface area contributed by atoms with E-state index in [9.17, 15) is 0 Å². The molecule has 0 aromatic carbocycles. The van der Waals surface area contributed by atoms with Crippen LogP contribution in [0.3, 0.4) is 0 Å². The topological polar surface area (TPSA) is 27.7 Å². The van der Waals surface area contributed by atoms with Crippen LogP contribution in [0.25, 0.3) is 0 Å². The minimum atomic E-state index is -0.324. The maximum Gasteiger partial charge on any atom is 0.167 e. The quantitative estimate of drug-likeness (QED) is 0.590. The second kappa shape index (κ2) is 7.72. The molecule has 0 spiro atoms. The summed E-state index contributed by atoms with van der Waals surface area (Å²) >= 11 is 0. The van der Waals surface area contributed by atoms with Crippen LogP contribution in [0.4, 0.5) is 0 Å². The summed E-state index contributed by atoms with van der Waals surface area (Å²) in [4.78, 5) is 0. The predicted octanol–water partition coefficient (Wildman–Crippen LogP) is 5.81. The first kappa shape index (κ1) is 20.6. The van der Waals surface area contributed by atoms with Crippen LogP contribution in [0.2, 0.25) is 0 Å². The van der Waals surface area contributed by atoms with Gasteiger partial charge >= 0.3 is 0 Å². The minimum absolute atomic E-state index is 0.181. The Morgan fingerprint density at radius 3 is 2.31 bits per heavy atom. The molecule has 4 fully saturated rings. The monoisotopic (exact) mass is 366 g/mol. The number of ether oxygens (including phenoxy) is 3. The summed E-state index contributed by atoms with van der Waals surface area (Å²) in [6.45, 7) is 9.83. The Kier molecular flexibility index (Phi) is 6.12. The molecule has 3 saturated carbocycles. The zero-order valence-electron chi connectivity index (χ0n) is 18.1. The highest BCUT2D eigenvalue weighted by Gasteiger charge is 2.61. The lowest BCUT2D eigenvalue weighted by Gasteiger charge is -2.62. The van der Waals surface area contributed by atoms with Gasteiger partial charge in [-0.15, -0.1) is 0 Å². The summed E-state index contributed by atoms with van der Waals surface area (Å²) in [5, 5.41) is 0. The molecule has 0 aromatic heterocycles. The molecule has 4 rings (SSSR count). The first-order valence-corrected chi connectivity index (χ1v) is 11.3. The van der Waals surface area contributed by atoms with Crippen LogP contribution in [0.5, 0.6) is 0 Å². The molecule has 6 atom stereocenters. The van der Waals surface area contributed by atoms with Crippen molar-refractivity contribution in [3.8, 4) is 0 Å². The van der Waals surface area contributed by atoms with Crippen LogP contribution in [0.1, 0.15) is 85.5 Å². The van der Waals surface area contributed by atoms with Crippen molar-refractivity contribution < 1.29 is 14.2 Å². The molecule has 0 amide bonds.